The molecule has 1 aliphatic rings. The quantitative estimate of drug-likeness (QED) is 0.638. The predicted molar refractivity (Wildman–Crippen MR) is 73.4 cm³/mol. The average Bonchev–Trinajstić information content (AvgIpc) is 2.62. The molecule has 0 amide bonds. The van der Waals surface area contributed by atoms with Crippen LogP contribution in [0.1, 0.15) is 18.9 Å². The first-order valence-electron chi connectivity index (χ1n) is 6.46. The van der Waals surface area contributed by atoms with Crippen LogP contribution in [0.25, 0.3) is 0 Å². The smallest absolute Gasteiger partial charge is 0.191 e. The largest absolute Gasteiger partial charge is 0.377 e. The number of rotatable bonds is 2. The summed E-state index contributed by atoms with van der Waals surface area (Å²) in [4.78, 5) is 6.57. The monoisotopic (exact) mass is 247 g/mol. The van der Waals surface area contributed by atoms with Gasteiger partial charge in [0.25, 0.3) is 0 Å². The Hall–Kier alpha value is -1.55. The topological polar surface area (TPSA) is 50.8 Å². The van der Waals surface area contributed by atoms with Gasteiger partial charge in [-0.25, -0.2) is 4.99 Å². The Morgan fingerprint density at radius 3 is 3.00 bits per heavy atom. The Morgan fingerprint density at radius 2 is 2.22 bits per heavy atom. The van der Waals surface area contributed by atoms with Gasteiger partial charge < -0.3 is 15.4 Å². The SMILES string of the molecule is CC1CN(C(N)=NCc2ccccc2)CCCO1. The number of nitrogens with two attached hydrogens (primary N) is 1. The van der Waals surface area contributed by atoms with E-state index in [-0.39, 0.29) is 6.10 Å². The summed E-state index contributed by atoms with van der Waals surface area (Å²) in [5.41, 5.74) is 7.23. The molecule has 98 valence electrons. The van der Waals surface area contributed by atoms with E-state index in [2.05, 4.69) is 28.9 Å². The van der Waals surface area contributed by atoms with E-state index in [0.29, 0.717) is 12.5 Å². The van der Waals surface area contributed by atoms with Crippen molar-refractivity contribution in [3.05, 3.63) is 35.9 Å². The minimum absolute atomic E-state index is 0.220. The second-order valence-electron chi connectivity index (χ2n) is 4.64. The van der Waals surface area contributed by atoms with Crippen molar-refractivity contribution in [2.45, 2.75) is 26.0 Å². The first-order valence-corrected chi connectivity index (χ1v) is 6.46. The Morgan fingerprint density at radius 1 is 1.44 bits per heavy atom. The number of guanidine groups is 1. The summed E-state index contributed by atoms with van der Waals surface area (Å²) >= 11 is 0. The third kappa shape index (κ3) is 3.74. The fourth-order valence-corrected chi connectivity index (χ4v) is 2.06. The summed E-state index contributed by atoms with van der Waals surface area (Å²) in [6, 6.07) is 10.2. The van der Waals surface area contributed by atoms with Gasteiger partial charge in [-0.3, -0.25) is 0 Å². The zero-order valence-electron chi connectivity index (χ0n) is 10.9. The lowest BCUT2D eigenvalue weighted by Crippen LogP contribution is -2.41. The van der Waals surface area contributed by atoms with Gasteiger partial charge in [-0.15, -0.1) is 0 Å². The fraction of sp³-hybridized carbons (Fsp3) is 0.500. The molecule has 18 heavy (non-hydrogen) atoms. The maximum absolute atomic E-state index is 6.05. The van der Waals surface area contributed by atoms with Crippen LogP contribution in [0.2, 0.25) is 0 Å². The molecule has 0 bridgehead atoms. The summed E-state index contributed by atoms with van der Waals surface area (Å²) in [6.45, 7) is 5.27. The molecule has 1 atom stereocenters. The van der Waals surface area contributed by atoms with Crippen LogP contribution >= 0.6 is 0 Å². The highest BCUT2D eigenvalue weighted by atomic mass is 16.5. The molecule has 0 aliphatic carbocycles. The second kappa shape index (κ2) is 6.40. The van der Waals surface area contributed by atoms with Gasteiger partial charge in [0.2, 0.25) is 0 Å². The van der Waals surface area contributed by atoms with Crippen LogP contribution in [0.4, 0.5) is 0 Å². The van der Waals surface area contributed by atoms with E-state index < -0.39 is 0 Å². The van der Waals surface area contributed by atoms with Gasteiger partial charge in [0.05, 0.1) is 12.6 Å². The van der Waals surface area contributed by atoms with Crippen LogP contribution in [0.3, 0.4) is 0 Å². The number of ether oxygens (including phenoxy) is 1. The van der Waals surface area contributed by atoms with E-state index in [1.807, 2.05) is 18.2 Å². The maximum Gasteiger partial charge on any atom is 0.191 e. The van der Waals surface area contributed by atoms with Crippen LogP contribution in [0, 0.1) is 0 Å². The Kier molecular flexibility index (Phi) is 4.59. The number of hydrogen-bond donors (Lipinski definition) is 1. The molecule has 1 aromatic carbocycles. The lowest BCUT2D eigenvalue weighted by Gasteiger charge is -2.22. The van der Waals surface area contributed by atoms with Gasteiger partial charge in [0.15, 0.2) is 5.96 Å². The second-order valence-corrected chi connectivity index (χ2v) is 4.64. The standard InChI is InChI=1S/C14H21N3O/c1-12-11-17(8-5-9-18-12)14(15)16-10-13-6-3-2-4-7-13/h2-4,6-7,12H,5,8-11H2,1H3,(H2,15,16). The van der Waals surface area contributed by atoms with Gasteiger partial charge in [0.1, 0.15) is 0 Å². The highest BCUT2D eigenvalue weighted by molar-refractivity contribution is 5.78. The zero-order chi connectivity index (χ0) is 12.8. The molecule has 1 saturated heterocycles. The van der Waals surface area contributed by atoms with E-state index in [9.17, 15) is 0 Å². The average molecular weight is 247 g/mol. The van der Waals surface area contributed by atoms with Gasteiger partial charge >= 0.3 is 0 Å². The minimum atomic E-state index is 0.220. The molecule has 1 fully saturated rings. The highest BCUT2D eigenvalue weighted by Crippen LogP contribution is 2.06. The van der Waals surface area contributed by atoms with Crippen LogP contribution < -0.4 is 5.73 Å². The van der Waals surface area contributed by atoms with Gasteiger partial charge in [-0.2, -0.15) is 0 Å². The van der Waals surface area contributed by atoms with Gasteiger partial charge in [0, 0.05) is 19.7 Å². The van der Waals surface area contributed by atoms with E-state index in [4.69, 9.17) is 10.5 Å². The van der Waals surface area contributed by atoms with Gasteiger partial charge in [-0.05, 0) is 18.9 Å². The fourth-order valence-electron chi connectivity index (χ4n) is 2.06. The molecule has 1 aromatic rings. The Bertz CT molecular complexity index is 391. The van der Waals surface area contributed by atoms with E-state index >= 15 is 0 Å². The van der Waals surface area contributed by atoms with E-state index in [1.165, 1.54) is 5.56 Å². The van der Waals surface area contributed by atoms with E-state index in [1.54, 1.807) is 0 Å². The van der Waals surface area contributed by atoms with Crippen molar-refractivity contribution in [3.8, 4) is 0 Å². The first kappa shape index (κ1) is 12.9. The molecule has 4 nitrogen and oxygen atoms in total. The molecule has 0 radical (unpaired) electrons. The van der Waals surface area contributed by atoms with Crippen LogP contribution in [-0.2, 0) is 11.3 Å². The zero-order valence-corrected chi connectivity index (χ0v) is 10.9. The van der Waals surface area contributed by atoms with Gasteiger partial charge in [-0.1, -0.05) is 30.3 Å². The molecular formula is C14H21N3O. The lowest BCUT2D eigenvalue weighted by atomic mass is 10.2. The molecule has 0 spiro atoms. The van der Waals surface area contributed by atoms with Crippen molar-refractivity contribution in [2.24, 2.45) is 10.7 Å². The van der Waals surface area contributed by atoms with Crippen LogP contribution in [0.15, 0.2) is 35.3 Å². The summed E-state index contributed by atoms with van der Waals surface area (Å²) < 4.78 is 5.59. The number of aliphatic imine (C=N–C) groups is 1. The molecule has 4 heteroatoms. The predicted octanol–water partition coefficient (Wildman–Crippen LogP) is 1.61. The van der Waals surface area contributed by atoms with Crippen molar-refractivity contribution in [1.82, 2.24) is 4.90 Å². The van der Waals surface area contributed by atoms with Crippen LogP contribution in [-0.4, -0.2) is 36.7 Å². The number of nitrogens with zero attached hydrogens (tertiary/aromatic N) is 2. The lowest BCUT2D eigenvalue weighted by molar-refractivity contribution is 0.0742. The summed E-state index contributed by atoms with van der Waals surface area (Å²) in [5, 5.41) is 0. The third-order valence-electron chi connectivity index (χ3n) is 3.04. The Labute approximate surface area is 108 Å². The highest BCUT2D eigenvalue weighted by Gasteiger charge is 2.16. The normalized spacial score (nSPS) is 21.7. The summed E-state index contributed by atoms with van der Waals surface area (Å²) in [5.74, 6) is 0.621. The summed E-state index contributed by atoms with van der Waals surface area (Å²) in [7, 11) is 0. The molecular weight excluding hydrogens is 226 g/mol. The molecule has 2 N–H and O–H groups in total. The van der Waals surface area contributed by atoms with Crippen LogP contribution in [0.5, 0.6) is 0 Å². The maximum atomic E-state index is 6.05. The molecule has 1 heterocycles. The van der Waals surface area contributed by atoms with Crippen molar-refractivity contribution in [1.29, 1.82) is 0 Å². The molecule has 1 unspecified atom stereocenters. The van der Waals surface area contributed by atoms with Crippen molar-refractivity contribution in [2.75, 3.05) is 19.7 Å². The van der Waals surface area contributed by atoms with Crippen molar-refractivity contribution in [3.63, 3.8) is 0 Å². The molecule has 1 aliphatic heterocycles. The molecule has 2 rings (SSSR count). The van der Waals surface area contributed by atoms with Crippen molar-refractivity contribution >= 4 is 5.96 Å². The molecule has 0 saturated carbocycles. The van der Waals surface area contributed by atoms with E-state index in [0.717, 1.165) is 26.1 Å². The summed E-state index contributed by atoms with van der Waals surface area (Å²) in [6.07, 6.45) is 1.23. The third-order valence-corrected chi connectivity index (χ3v) is 3.04. The molecule has 0 aromatic heterocycles. The van der Waals surface area contributed by atoms with Crippen molar-refractivity contribution < 1.29 is 4.74 Å². The Balaban J connectivity index is 1.95. The minimum Gasteiger partial charge on any atom is -0.377 e. The first-order chi connectivity index (χ1) is 8.75. The number of hydrogen-bond acceptors (Lipinski definition) is 2. The number of benzene rings is 1.